The van der Waals surface area contributed by atoms with Gasteiger partial charge in [0.15, 0.2) is 0 Å². The summed E-state index contributed by atoms with van der Waals surface area (Å²) in [6.07, 6.45) is 1.25. The van der Waals surface area contributed by atoms with Crippen molar-refractivity contribution in [3.05, 3.63) is 60.7 Å². The van der Waals surface area contributed by atoms with E-state index < -0.39 is 11.9 Å². The smallest absolute Gasteiger partial charge is 0.331 e. The molecule has 0 atom stereocenters. The number of rotatable bonds is 4. The van der Waals surface area contributed by atoms with Crippen molar-refractivity contribution in [2.75, 3.05) is 0 Å². The standard InChI is InChI=1S/C10H10O2.C3H4O2/c1-8(10(11)12)7-9-5-3-2-4-6-9;1-2-3(4)5/h2-6H,1,7H2,(H,11,12);2H,1H2,(H,4,5). The van der Waals surface area contributed by atoms with Gasteiger partial charge in [0.1, 0.15) is 0 Å². The highest BCUT2D eigenvalue weighted by atomic mass is 16.4. The fraction of sp³-hybridized carbons (Fsp3) is 0.0769. The third kappa shape index (κ3) is 7.56. The van der Waals surface area contributed by atoms with Gasteiger partial charge in [0.2, 0.25) is 0 Å². The molecule has 1 aromatic carbocycles. The lowest BCUT2D eigenvalue weighted by atomic mass is 10.1. The Morgan fingerprint density at radius 3 is 2.00 bits per heavy atom. The molecule has 0 amide bonds. The van der Waals surface area contributed by atoms with Gasteiger partial charge >= 0.3 is 11.9 Å². The quantitative estimate of drug-likeness (QED) is 0.782. The maximum absolute atomic E-state index is 10.4. The van der Waals surface area contributed by atoms with Gasteiger partial charge in [0.25, 0.3) is 0 Å². The van der Waals surface area contributed by atoms with Crippen molar-refractivity contribution in [2.24, 2.45) is 0 Å². The molecule has 90 valence electrons. The number of hydrogen-bond donors (Lipinski definition) is 2. The third-order valence-electron chi connectivity index (χ3n) is 1.74. The van der Waals surface area contributed by atoms with Crippen LogP contribution in [0.2, 0.25) is 0 Å². The Bertz CT molecular complexity index is 407. The summed E-state index contributed by atoms with van der Waals surface area (Å²) in [6, 6.07) is 9.42. The number of benzene rings is 1. The van der Waals surface area contributed by atoms with E-state index in [1.54, 1.807) is 0 Å². The molecule has 0 aliphatic rings. The number of carboxylic acids is 2. The van der Waals surface area contributed by atoms with Gasteiger partial charge in [0, 0.05) is 18.1 Å². The molecule has 0 aromatic heterocycles. The molecule has 0 radical (unpaired) electrons. The second-order valence-corrected chi connectivity index (χ2v) is 3.11. The zero-order valence-electron chi connectivity index (χ0n) is 9.30. The zero-order chi connectivity index (χ0) is 13.3. The monoisotopic (exact) mass is 234 g/mol. The molecule has 0 bridgehead atoms. The summed E-state index contributed by atoms with van der Waals surface area (Å²) in [5.74, 6) is -1.91. The van der Waals surface area contributed by atoms with Gasteiger partial charge in [-0.1, -0.05) is 43.5 Å². The average molecular weight is 234 g/mol. The first-order valence-electron chi connectivity index (χ1n) is 4.77. The van der Waals surface area contributed by atoms with Crippen LogP contribution in [-0.4, -0.2) is 22.2 Å². The van der Waals surface area contributed by atoms with Crippen molar-refractivity contribution in [1.29, 1.82) is 0 Å². The molecular weight excluding hydrogens is 220 g/mol. The number of carbonyl (C=O) groups is 2. The van der Waals surface area contributed by atoms with Crippen LogP contribution in [-0.2, 0) is 16.0 Å². The molecule has 0 unspecified atom stereocenters. The van der Waals surface area contributed by atoms with E-state index >= 15 is 0 Å². The minimum atomic E-state index is -0.981. The molecule has 0 saturated heterocycles. The Kier molecular flexibility index (Phi) is 6.78. The highest BCUT2D eigenvalue weighted by Crippen LogP contribution is 2.05. The first kappa shape index (κ1) is 14.6. The third-order valence-corrected chi connectivity index (χ3v) is 1.74. The SMILES string of the molecule is C=C(Cc1ccccc1)C(=O)O.C=CC(=O)O. The lowest BCUT2D eigenvalue weighted by Crippen LogP contribution is -2.01. The first-order valence-corrected chi connectivity index (χ1v) is 4.77. The Labute approximate surface area is 99.5 Å². The molecule has 1 rings (SSSR count). The normalized spacial score (nSPS) is 8.47. The number of hydrogen-bond acceptors (Lipinski definition) is 2. The van der Waals surface area contributed by atoms with Crippen molar-refractivity contribution >= 4 is 11.9 Å². The molecule has 0 fully saturated rings. The molecule has 0 aliphatic heterocycles. The largest absolute Gasteiger partial charge is 0.478 e. The topological polar surface area (TPSA) is 74.6 Å². The Hall–Kier alpha value is -2.36. The molecule has 0 heterocycles. The van der Waals surface area contributed by atoms with Gasteiger partial charge in [-0.25, -0.2) is 9.59 Å². The van der Waals surface area contributed by atoms with E-state index in [1.165, 1.54) is 0 Å². The van der Waals surface area contributed by atoms with Crippen molar-refractivity contribution in [1.82, 2.24) is 0 Å². The summed E-state index contributed by atoms with van der Waals surface area (Å²) in [5, 5.41) is 16.1. The maximum atomic E-state index is 10.4. The first-order chi connectivity index (χ1) is 7.97. The molecular formula is C13H14O4. The van der Waals surface area contributed by atoms with E-state index in [2.05, 4.69) is 13.2 Å². The molecule has 0 saturated carbocycles. The fourth-order valence-electron chi connectivity index (χ4n) is 0.918. The van der Waals surface area contributed by atoms with Crippen molar-refractivity contribution in [3.8, 4) is 0 Å². The van der Waals surface area contributed by atoms with Gasteiger partial charge in [-0.2, -0.15) is 0 Å². The summed E-state index contributed by atoms with van der Waals surface area (Å²) in [7, 11) is 0. The lowest BCUT2D eigenvalue weighted by Gasteiger charge is -1.99. The zero-order valence-corrected chi connectivity index (χ0v) is 9.30. The summed E-state index contributed by atoms with van der Waals surface area (Å²) in [4.78, 5) is 19.7. The average Bonchev–Trinajstić information content (AvgIpc) is 2.31. The van der Waals surface area contributed by atoms with Crippen molar-refractivity contribution in [2.45, 2.75) is 6.42 Å². The maximum Gasteiger partial charge on any atom is 0.331 e. The molecule has 4 heteroatoms. The van der Waals surface area contributed by atoms with Crippen LogP contribution >= 0.6 is 0 Å². The summed E-state index contributed by atoms with van der Waals surface area (Å²) >= 11 is 0. The molecule has 2 N–H and O–H groups in total. The minimum Gasteiger partial charge on any atom is -0.478 e. The van der Waals surface area contributed by atoms with Gasteiger partial charge in [-0.05, 0) is 5.56 Å². The lowest BCUT2D eigenvalue weighted by molar-refractivity contribution is -0.133. The molecule has 0 aliphatic carbocycles. The van der Waals surface area contributed by atoms with E-state index in [1.807, 2.05) is 30.3 Å². The Morgan fingerprint density at radius 2 is 1.65 bits per heavy atom. The Balaban J connectivity index is 0.000000437. The number of aliphatic carboxylic acids is 2. The predicted octanol–water partition coefficient (Wildman–Crippen LogP) is 2.13. The van der Waals surface area contributed by atoms with Crippen LogP contribution < -0.4 is 0 Å². The minimum absolute atomic E-state index is 0.223. The van der Waals surface area contributed by atoms with Crippen LogP contribution in [0.3, 0.4) is 0 Å². The van der Waals surface area contributed by atoms with Crippen LogP contribution in [0.4, 0.5) is 0 Å². The van der Waals surface area contributed by atoms with Gasteiger partial charge in [0.05, 0.1) is 0 Å². The summed E-state index contributed by atoms with van der Waals surface area (Å²) in [6.45, 7) is 6.41. The predicted molar refractivity (Wildman–Crippen MR) is 64.8 cm³/mol. The highest BCUT2D eigenvalue weighted by molar-refractivity contribution is 5.86. The van der Waals surface area contributed by atoms with E-state index in [9.17, 15) is 9.59 Å². The molecule has 4 nitrogen and oxygen atoms in total. The van der Waals surface area contributed by atoms with Gasteiger partial charge < -0.3 is 10.2 Å². The van der Waals surface area contributed by atoms with Crippen molar-refractivity contribution in [3.63, 3.8) is 0 Å². The fourth-order valence-corrected chi connectivity index (χ4v) is 0.918. The van der Waals surface area contributed by atoms with E-state index in [0.29, 0.717) is 6.42 Å². The van der Waals surface area contributed by atoms with Crippen LogP contribution in [0.1, 0.15) is 5.56 Å². The van der Waals surface area contributed by atoms with E-state index in [4.69, 9.17) is 10.2 Å². The molecule has 17 heavy (non-hydrogen) atoms. The summed E-state index contributed by atoms with van der Waals surface area (Å²) in [5.41, 5.74) is 1.20. The molecule has 0 spiro atoms. The van der Waals surface area contributed by atoms with E-state index in [-0.39, 0.29) is 5.57 Å². The second-order valence-electron chi connectivity index (χ2n) is 3.11. The Morgan fingerprint density at radius 1 is 1.18 bits per heavy atom. The molecule has 1 aromatic rings. The van der Waals surface area contributed by atoms with Crippen LogP contribution in [0, 0.1) is 0 Å². The van der Waals surface area contributed by atoms with Crippen LogP contribution in [0.15, 0.2) is 55.1 Å². The van der Waals surface area contributed by atoms with Gasteiger partial charge in [-0.3, -0.25) is 0 Å². The van der Waals surface area contributed by atoms with Crippen LogP contribution in [0.25, 0.3) is 0 Å². The van der Waals surface area contributed by atoms with Crippen LogP contribution in [0.5, 0.6) is 0 Å². The summed E-state index contributed by atoms with van der Waals surface area (Å²) < 4.78 is 0. The van der Waals surface area contributed by atoms with E-state index in [0.717, 1.165) is 11.6 Å². The second kappa shape index (κ2) is 7.87. The van der Waals surface area contributed by atoms with Crippen molar-refractivity contribution < 1.29 is 19.8 Å². The van der Waals surface area contributed by atoms with Gasteiger partial charge in [-0.15, -0.1) is 0 Å². The highest BCUT2D eigenvalue weighted by Gasteiger charge is 2.03. The number of carboxylic acid groups (broad SMARTS) is 2.